The highest BCUT2D eigenvalue weighted by atomic mass is 32.1. The maximum absolute atomic E-state index is 12.7. The lowest BCUT2D eigenvalue weighted by Gasteiger charge is -2.20. The van der Waals surface area contributed by atoms with Gasteiger partial charge in [0.25, 0.3) is 5.91 Å². The Hall–Kier alpha value is -2.41. The van der Waals surface area contributed by atoms with E-state index in [9.17, 15) is 4.79 Å². The van der Waals surface area contributed by atoms with Gasteiger partial charge in [0.1, 0.15) is 5.69 Å². The van der Waals surface area contributed by atoms with E-state index in [1.165, 1.54) is 0 Å². The first kappa shape index (κ1) is 17.4. The van der Waals surface area contributed by atoms with Crippen LogP contribution >= 0.6 is 11.3 Å². The molecular formula is C18H23N5OS. The van der Waals surface area contributed by atoms with E-state index in [-0.39, 0.29) is 11.9 Å². The van der Waals surface area contributed by atoms with Crippen LogP contribution in [-0.2, 0) is 7.05 Å². The van der Waals surface area contributed by atoms with E-state index in [0.29, 0.717) is 11.6 Å². The first-order chi connectivity index (χ1) is 11.9. The van der Waals surface area contributed by atoms with Crippen LogP contribution in [0.3, 0.4) is 0 Å². The summed E-state index contributed by atoms with van der Waals surface area (Å²) >= 11 is 1.65. The van der Waals surface area contributed by atoms with Gasteiger partial charge in [-0.05, 0) is 37.3 Å². The van der Waals surface area contributed by atoms with E-state index >= 15 is 0 Å². The summed E-state index contributed by atoms with van der Waals surface area (Å²) in [7, 11) is 1.90. The van der Waals surface area contributed by atoms with Crippen LogP contribution in [0.25, 0.3) is 11.3 Å². The Morgan fingerprint density at radius 1 is 1.36 bits per heavy atom. The molecule has 25 heavy (non-hydrogen) atoms. The second-order valence-corrected chi connectivity index (χ2v) is 7.53. The van der Waals surface area contributed by atoms with Gasteiger partial charge in [-0.3, -0.25) is 14.6 Å². The Balaban J connectivity index is 1.83. The van der Waals surface area contributed by atoms with E-state index in [1.54, 1.807) is 17.4 Å². The molecule has 0 fully saturated rings. The molecule has 3 rings (SSSR count). The van der Waals surface area contributed by atoms with Crippen molar-refractivity contribution in [1.29, 1.82) is 0 Å². The predicted octanol–water partition coefficient (Wildman–Crippen LogP) is 3.62. The van der Waals surface area contributed by atoms with Gasteiger partial charge in [-0.15, -0.1) is 11.3 Å². The van der Waals surface area contributed by atoms with Gasteiger partial charge in [0.15, 0.2) is 0 Å². The number of carbonyl (C=O) groups is 1. The summed E-state index contributed by atoms with van der Waals surface area (Å²) in [5.41, 5.74) is 4.09. The third-order valence-electron chi connectivity index (χ3n) is 4.39. The Labute approximate surface area is 151 Å². The number of aromatic nitrogens is 4. The molecule has 3 aromatic rings. The lowest BCUT2D eigenvalue weighted by Crippen LogP contribution is -2.31. The van der Waals surface area contributed by atoms with Crippen LogP contribution in [-0.4, -0.2) is 25.9 Å². The molecule has 0 bridgehead atoms. The highest BCUT2D eigenvalue weighted by Gasteiger charge is 2.22. The monoisotopic (exact) mass is 357 g/mol. The zero-order valence-corrected chi connectivity index (χ0v) is 15.9. The zero-order valence-electron chi connectivity index (χ0n) is 15.1. The average molecular weight is 357 g/mol. The van der Waals surface area contributed by atoms with E-state index in [1.807, 2.05) is 37.0 Å². The fraction of sp³-hybridized carbons (Fsp3) is 0.389. The number of hydrogen-bond donors (Lipinski definition) is 2. The molecule has 0 aliphatic carbocycles. The summed E-state index contributed by atoms with van der Waals surface area (Å²) < 4.78 is 1.82. The molecule has 3 heterocycles. The lowest BCUT2D eigenvalue weighted by atomic mass is 10.0. The topological polar surface area (TPSA) is 75.6 Å². The standard InChI is InChI=1S/C18H23N5OS/c1-10(2)17(15-7-6-8-25-15)19-18(24)14-9-13(20-21-14)16-11(3)22-23(5)12(16)4/h6-10,17H,1-5H3,(H,19,24)(H,20,21). The molecule has 0 saturated heterocycles. The minimum atomic E-state index is -0.148. The molecule has 7 heteroatoms. The third-order valence-corrected chi connectivity index (χ3v) is 5.35. The van der Waals surface area contributed by atoms with Crippen LogP contribution in [0.5, 0.6) is 0 Å². The molecule has 0 aliphatic rings. The van der Waals surface area contributed by atoms with E-state index in [4.69, 9.17) is 0 Å². The molecule has 132 valence electrons. The number of carbonyl (C=O) groups excluding carboxylic acids is 1. The van der Waals surface area contributed by atoms with Crippen molar-refractivity contribution in [3.05, 3.63) is 45.5 Å². The largest absolute Gasteiger partial charge is 0.343 e. The maximum Gasteiger partial charge on any atom is 0.269 e. The number of nitrogens with one attached hydrogen (secondary N) is 2. The molecule has 2 N–H and O–H groups in total. The number of aromatic amines is 1. The van der Waals surface area contributed by atoms with Crippen LogP contribution in [0, 0.1) is 19.8 Å². The predicted molar refractivity (Wildman–Crippen MR) is 99.6 cm³/mol. The van der Waals surface area contributed by atoms with Crippen LogP contribution in [0.2, 0.25) is 0 Å². The van der Waals surface area contributed by atoms with Gasteiger partial charge in [-0.25, -0.2) is 0 Å². The molecule has 0 aliphatic heterocycles. The van der Waals surface area contributed by atoms with E-state index < -0.39 is 0 Å². The molecular weight excluding hydrogens is 334 g/mol. The fourth-order valence-electron chi connectivity index (χ4n) is 2.96. The van der Waals surface area contributed by atoms with E-state index in [0.717, 1.165) is 27.5 Å². The Morgan fingerprint density at radius 3 is 2.68 bits per heavy atom. The van der Waals surface area contributed by atoms with Gasteiger partial charge in [-0.1, -0.05) is 19.9 Å². The maximum atomic E-state index is 12.7. The van der Waals surface area contributed by atoms with Crippen molar-refractivity contribution in [2.45, 2.75) is 33.7 Å². The van der Waals surface area contributed by atoms with Gasteiger partial charge < -0.3 is 5.32 Å². The first-order valence-corrected chi connectivity index (χ1v) is 9.16. The fourth-order valence-corrected chi connectivity index (χ4v) is 3.91. The quantitative estimate of drug-likeness (QED) is 0.732. The molecule has 0 aromatic carbocycles. The molecule has 1 amide bonds. The summed E-state index contributed by atoms with van der Waals surface area (Å²) in [6.45, 7) is 8.15. The Kier molecular flexibility index (Phi) is 4.76. The highest BCUT2D eigenvalue weighted by molar-refractivity contribution is 7.10. The van der Waals surface area contributed by atoms with Crippen molar-refractivity contribution < 1.29 is 4.79 Å². The number of hydrogen-bond acceptors (Lipinski definition) is 4. The second kappa shape index (κ2) is 6.84. The first-order valence-electron chi connectivity index (χ1n) is 8.28. The minimum Gasteiger partial charge on any atom is -0.343 e. The van der Waals surface area contributed by atoms with Gasteiger partial charge in [0.05, 0.1) is 17.4 Å². The number of thiophene rings is 1. The number of amides is 1. The van der Waals surface area contributed by atoms with Crippen LogP contribution in [0.4, 0.5) is 0 Å². The summed E-state index contributed by atoms with van der Waals surface area (Å²) in [5.74, 6) is 0.151. The molecule has 6 nitrogen and oxygen atoms in total. The van der Waals surface area contributed by atoms with Gasteiger partial charge in [-0.2, -0.15) is 10.2 Å². The van der Waals surface area contributed by atoms with Crippen LogP contribution < -0.4 is 5.32 Å². The third kappa shape index (κ3) is 3.37. The number of nitrogens with zero attached hydrogens (tertiary/aromatic N) is 3. The highest BCUT2D eigenvalue weighted by Crippen LogP contribution is 2.27. The SMILES string of the molecule is Cc1nn(C)c(C)c1-c1cc(C(=O)NC(c2cccs2)C(C)C)[nH]n1. The number of aryl methyl sites for hydroxylation is 2. The molecule has 0 spiro atoms. The number of rotatable bonds is 5. The number of H-pyrrole nitrogens is 1. The van der Waals surface area contributed by atoms with Crippen molar-refractivity contribution >= 4 is 17.2 Å². The summed E-state index contributed by atoms with van der Waals surface area (Å²) in [5, 5.41) is 16.7. The van der Waals surface area contributed by atoms with Crippen molar-refractivity contribution in [3.8, 4) is 11.3 Å². The van der Waals surface area contributed by atoms with Crippen LogP contribution in [0.15, 0.2) is 23.6 Å². The molecule has 1 atom stereocenters. The Morgan fingerprint density at radius 2 is 2.12 bits per heavy atom. The van der Waals surface area contributed by atoms with Crippen molar-refractivity contribution in [2.75, 3.05) is 0 Å². The summed E-state index contributed by atoms with van der Waals surface area (Å²) in [4.78, 5) is 13.8. The summed E-state index contributed by atoms with van der Waals surface area (Å²) in [6, 6.07) is 5.83. The molecule has 0 radical (unpaired) electrons. The summed E-state index contributed by atoms with van der Waals surface area (Å²) in [6.07, 6.45) is 0. The van der Waals surface area contributed by atoms with Crippen molar-refractivity contribution in [3.63, 3.8) is 0 Å². The van der Waals surface area contributed by atoms with Gasteiger partial charge >= 0.3 is 0 Å². The van der Waals surface area contributed by atoms with Gasteiger partial charge in [0, 0.05) is 23.2 Å². The Bertz CT molecular complexity index is 876. The molecule has 0 saturated carbocycles. The van der Waals surface area contributed by atoms with E-state index in [2.05, 4.69) is 40.5 Å². The van der Waals surface area contributed by atoms with Crippen molar-refractivity contribution in [1.82, 2.24) is 25.3 Å². The zero-order chi connectivity index (χ0) is 18.1. The minimum absolute atomic E-state index is 0.0129. The van der Waals surface area contributed by atoms with Gasteiger partial charge in [0.2, 0.25) is 0 Å². The molecule has 1 unspecified atom stereocenters. The lowest BCUT2D eigenvalue weighted by molar-refractivity contribution is 0.0921. The van der Waals surface area contributed by atoms with Crippen molar-refractivity contribution in [2.24, 2.45) is 13.0 Å². The smallest absolute Gasteiger partial charge is 0.269 e. The molecule has 3 aromatic heterocycles. The average Bonchev–Trinajstić information content (AvgIpc) is 3.27. The second-order valence-electron chi connectivity index (χ2n) is 6.55. The van der Waals surface area contributed by atoms with Crippen LogP contribution in [0.1, 0.15) is 46.6 Å². The normalized spacial score (nSPS) is 12.6.